The van der Waals surface area contributed by atoms with E-state index in [1.807, 2.05) is 24.3 Å². The summed E-state index contributed by atoms with van der Waals surface area (Å²) in [7, 11) is 1.47. The summed E-state index contributed by atoms with van der Waals surface area (Å²) < 4.78 is 4.91. The number of hydrogen-bond acceptors (Lipinski definition) is 3. The Morgan fingerprint density at radius 3 is 2.50 bits per heavy atom. The molecule has 0 unspecified atom stereocenters. The van der Waals surface area contributed by atoms with Gasteiger partial charge in [-0.25, -0.2) is 0 Å². The fraction of sp³-hybridized carbons (Fsp3) is 0.333. The van der Waals surface area contributed by atoms with Crippen molar-refractivity contribution in [3.63, 3.8) is 0 Å². The van der Waals surface area contributed by atoms with E-state index in [1.54, 1.807) is 0 Å². The van der Waals surface area contributed by atoms with Gasteiger partial charge in [0.15, 0.2) is 0 Å². The van der Waals surface area contributed by atoms with Crippen LogP contribution in [0.25, 0.3) is 0 Å². The number of carbonyl (C=O) groups excluding carboxylic acids is 2. The van der Waals surface area contributed by atoms with Crippen LogP contribution < -0.4 is 10.6 Å². The quantitative estimate of drug-likeness (QED) is 0.740. The van der Waals surface area contributed by atoms with Gasteiger partial charge in [-0.2, -0.15) is 0 Å². The molecule has 0 saturated carbocycles. The molecule has 2 amide bonds. The molecule has 0 aliphatic rings. The Balaban J connectivity index is 2.55. The topological polar surface area (TPSA) is 67.4 Å². The Morgan fingerprint density at radius 2 is 2.00 bits per heavy atom. The van der Waals surface area contributed by atoms with Crippen LogP contribution in [0.3, 0.4) is 0 Å². The van der Waals surface area contributed by atoms with E-state index in [9.17, 15) is 9.59 Å². The first-order valence-corrected chi connectivity index (χ1v) is 6.16. The number of benzene rings is 1. The lowest BCUT2D eigenvalue weighted by molar-refractivity contribution is -0.129. The number of ether oxygens (including phenoxy) is 1. The van der Waals surface area contributed by atoms with Crippen molar-refractivity contribution < 1.29 is 14.3 Å². The van der Waals surface area contributed by atoms with E-state index >= 15 is 0 Å². The first-order chi connectivity index (χ1) is 9.56. The number of methoxy groups -OCH3 is 1. The van der Waals surface area contributed by atoms with Gasteiger partial charge >= 0.3 is 0 Å². The summed E-state index contributed by atoms with van der Waals surface area (Å²) in [5.41, 5.74) is 1.71. The maximum Gasteiger partial charge on any atom is 0.245 e. The molecule has 0 bridgehead atoms. The van der Waals surface area contributed by atoms with Crippen LogP contribution in [0.2, 0.25) is 0 Å². The van der Waals surface area contributed by atoms with Gasteiger partial charge in [0.25, 0.3) is 0 Å². The number of amides is 2. The Labute approximate surface area is 118 Å². The molecule has 0 radical (unpaired) electrons. The monoisotopic (exact) mass is 274 g/mol. The average molecular weight is 274 g/mol. The van der Waals surface area contributed by atoms with E-state index in [0.29, 0.717) is 6.54 Å². The lowest BCUT2D eigenvalue weighted by Gasteiger charge is -2.16. The lowest BCUT2D eigenvalue weighted by Crippen LogP contribution is -2.48. The summed E-state index contributed by atoms with van der Waals surface area (Å²) in [5, 5.41) is 5.27. The molecule has 0 fully saturated rings. The zero-order valence-corrected chi connectivity index (χ0v) is 11.6. The van der Waals surface area contributed by atoms with E-state index in [0.717, 1.165) is 11.1 Å². The molecule has 5 heteroatoms. The minimum Gasteiger partial charge on any atom is -0.382 e. The van der Waals surface area contributed by atoms with Crippen LogP contribution in [0.5, 0.6) is 0 Å². The molecule has 5 nitrogen and oxygen atoms in total. The summed E-state index contributed by atoms with van der Waals surface area (Å²) in [6.07, 6.45) is 5.27. The number of carbonyl (C=O) groups is 2. The van der Waals surface area contributed by atoms with Gasteiger partial charge < -0.3 is 15.4 Å². The van der Waals surface area contributed by atoms with Crippen molar-refractivity contribution in [3.8, 4) is 12.3 Å². The molecular weight excluding hydrogens is 256 g/mol. The predicted molar refractivity (Wildman–Crippen MR) is 75.7 cm³/mol. The zero-order valence-electron chi connectivity index (χ0n) is 11.6. The smallest absolute Gasteiger partial charge is 0.245 e. The van der Waals surface area contributed by atoms with Crippen molar-refractivity contribution in [2.24, 2.45) is 0 Å². The number of rotatable bonds is 6. The van der Waals surface area contributed by atoms with Crippen LogP contribution in [0.15, 0.2) is 24.3 Å². The largest absolute Gasteiger partial charge is 0.382 e. The van der Waals surface area contributed by atoms with Crippen molar-refractivity contribution in [1.29, 1.82) is 0 Å². The van der Waals surface area contributed by atoms with Crippen LogP contribution in [0, 0.1) is 12.3 Å². The van der Waals surface area contributed by atoms with Gasteiger partial charge in [0, 0.05) is 26.1 Å². The zero-order chi connectivity index (χ0) is 15.0. The Hall–Kier alpha value is -2.32. The summed E-state index contributed by atoms with van der Waals surface area (Å²) in [6.45, 7) is 1.85. The summed E-state index contributed by atoms with van der Waals surface area (Å²) in [4.78, 5) is 22.9. The fourth-order valence-electron chi connectivity index (χ4n) is 1.63. The number of hydrogen-bond donors (Lipinski definition) is 2. The Morgan fingerprint density at radius 1 is 1.35 bits per heavy atom. The summed E-state index contributed by atoms with van der Waals surface area (Å²) in [6, 6.07) is 6.62. The highest BCUT2D eigenvalue weighted by Gasteiger charge is 2.18. The highest BCUT2D eigenvalue weighted by atomic mass is 16.5. The maximum atomic E-state index is 11.9. The van der Waals surface area contributed by atoms with Crippen LogP contribution in [0.4, 0.5) is 0 Å². The average Bonchev–Trinajstić information content (AvgIpc) is 2.44. The fourth-order valence-corrected chi connectivity index (χ4v) is 1.63. The maximum absolute atomic E-state index is 11.9. The third-order valence-electron chi connectivity index (χ3n) is 2.61. The Kier molecular flexibility index (Phi) is 6.27. The first-order valence-electron chi connectivity index (χ1n) is 6.16. The van der Waals surface area contributed by atoms with Gasteiger partial charge in [0.1, 0.15) is 6.04 Å². The molecule has 0 saturated heterocycles. The van der Waals surface area contributed by atoms with Crippen LogP contribution in [0.1, 0.15) is 18.1 Å². The second-order valence-electron chi connectivity index (χ2n) is 4.27. The molecule has 20 heavy (non-hydrogen) atoms. The molecule has 0 spiro atoms. The van der Waals surface area contributed by atoms with Gasteiger partial charge in [-0.1, -0.05) is 18.1 Å². The summed E-state index contributed by atoms with van der Waals surface area (Å²) >= 11 is 0. The van der Waals surface area contributed by atoms with Crippen molar-refractivity contribution in [1.82, 2.24) is 10.6 Å². The van der Waals surface area contributed by atoms with E-state index in [2.05, 4.69) is 16.6 Å². The van der Waals surface area contributed by atoms with Crippen LogP contribution in [-0.4, -0.2) is 31.6 Å². The van der Waals surface area contributed by atoms with Gasteiger partial charge in [-0.15, -0.1) is 6.42 Å². The van der Waals surface area contributed by atoms with E-state index < -0.39 is 6.04 Å². The van der Waals surface area contributed by atoms with Crippen LogP contribution >= 0.6 is 0 Å². The van der Waals surface area contributed by atoms with Crippen molar-refractivity contribution >= 4 is 11.8 Å². The number of terminal acetylenes is 1. The normalized spacial score (nSPS) is 11.2. The SMILES string of the molecule is C#Cc1ccc(CNC(=O)[C@H](COC)NC(C)=O)cc1. The molecule has 0 aliphatic carbocycles. The van der Waals surface area contributed by atoms with Crippen LogP contribution in [-0.2, 0) is 20.9 Å². The van der Waals surface area contributed by atoms with Gasteiger partial charge in [-0.05, 0) is 17.7 Å². The molecule has 106 valence electrons. The van der Waals surface area contributed by atoms with E-state index in [4.69, 9.17) is 11.2 Å². The molecule has 2 N–H and O–H groups in total. The molecular formula is C15H18N2O3. The predicted octanol–water partition coefficient (Wildman–Crippen LogP) is 0.435. The third-order valence-corrected chi connectivity index (χ3v) is 2.61. The highest BCUT2D eigenvalue weighted by molar-refractivity contribution is 5.86. The molecule has 1 atom stereocenters. The van der Waals surface area contributed by atoms with Gasteiger partial charge in [0.2, 0.25) is 11.8 Å². The number of nitrogens with one attached hydrogen (secondary N) is 2. The minimum absolute atomic E-state index is 0.126. The second kappa shape index (κ2) is 7.97. The van der Waals surface area contributed by atoms with Crippen molar-refractivity contribution in [3.05, 3.63) is 35.4 Å². The molecule has 1 aromatic rings. The molecule has 0 aliphatic heterocycles. The molecule has 0 aromatic heterocycles. The minimum atomic E-state index is -0.692. The third kappa shape index (κ3) is 5.12. The van der Waals surface area contributed by atoms with Gasteiger partial charge in [-0.3, -0.25) is 9.59 Å². The second-order valence-corrected chi connectivity index (χ2v) is 4.27. The standard InChI is InChI=1S/C15H18N2O3/c1-4-12-5-7-13(8-6-12)9-16-15(19)14(10-20-3)17-11(2)18/h1,5-8,14H,9-10H2,2-3H3,(H,16,19)(H,17,18)/t14-/m0/s1. The highest BCUT2D eigenvalue weighted by Crippen LogP contribution is 2.03. The van der Waals surface area contributed by atoms with E-state index in [-0.39, 0.29) is 18.4 Å². The van der Waals surface area contributed by atoms with Crippen molar-refractivity contribution in [2.45, 2.75) is 19.5 Å². The Bertz CT molecular complexity index is 503. The van der Waals surface area contributed by atoms with E-state index in [1.165, 1.54) is 14.0 Å². The molecule has 0 heterocycles. The first kappa shape index (κ1) is 15.7. The lowest BCUT2D eigenvalue weighted by atomic mass is 10.1. The molecule has 1 rings (SSSR count). The van der Waals surface area contributed by atoms with Gasteiger partial charge in [0.05, 0.1) is 6.61 Å². The molecule has 1 aromatic carbocycles. The van der Waals surface area contributed by atoms with Crippen molar-refractivity contribution in [2.75, 3.05) is 13.7 Å². The summed E-state index contributed by atoms with van der Waals surface area (Å²) in [5.74, 6) is 1.96.